The largest absolute Gasteiger partial charge is 0.383 e. The van der Waals surface area contributed by atoms with Crippen LogP contribution in [0, 0.1) is 0 Å². The highest BCUT2D eigenvalue weighted by Gasteiger charge is 2.24. The van der Waals surface area contributed by atoms with Gasteiger partial charge in [0.1, 0.15) is 11.5 Å². The second kappa shape index (κ2) is 10.1. The summed E-state index contributed by atoms with van der Waals surface area (Å²) in [6.07, 6.45) is 1.63. The van der Waals surface area contributed by atoms with Gasteiger partial charge in [0.25, 0.3) is 5.56 Å². The van der Waals surface area contributed by atoms with Gasteiger partial charge in [0.2, 0.25) is 5.91 Å². The van der Waals surface area contributed by atoms with Gasteiger partial charge in [-0.3, -0.25) is 19.1 Å². The molecule has 1 aromatic carbocycles. The number of aromatic amines is 1. The second-order valence-corrected chi connectivity index (χ2v) is 7.33. The number of morpholine rings is 1. The Morgan fingerprint density at radius 3 is 2.57 bits per heavy atom. The summed E-state index contributed by atoms with van der Waals surface area (Å²) in [6.45, 7) is 4.73. The van der Waals surface area contributed by atoms with E-state index in [1.54, 1.807) is 9.80 Å². The third-order valence-corrected chi connectivity index (χ3v) is 5.17. The third kappa shape index (κ3) is 5.10. The molecule has 9 heteroatoms. The molecule has 1 aromatic heterocycles. The molecule has 0 radical (unpaired) electrons. The van der Waals surface area contributed by atoms with Gasteiger partial charge in [-0.1, -0.05) is 43.7 Å². The number of carbonyl (C=O) groups excluding carboxylic acids is 1. The van der Waals surface area contributed by atoms with Crippen molar-refractivity contribution in [3.8, 4) is 0 Å². The van der Waals surface area contributed by atoms with Crippen LogP contribution in [0.5, 0.6) is 0 Å². The number of benzene rings is 1. The highest BCUT2D eigenvalue weighted by molar-refractivity contribution is 5.82. The van der Waals surface area contributed by atoms with E-state index in [1.807, 2.05) is 37.3 Å². The predicted molar refractivity (Wildman–Crippen MR) is 116 cm³/mol. The summed E-state index contributed by atoms with van der Waals surface area (Å²) >= 11 is 0. The molecule has 0 atom stereocenters. The Morgan fingerprint density at radius 1 is 1.20 bits per heavy atom. The monoisotopic (exact) mass is 415 g/mol. The van der Waals surface area contributed by atoms with E-state index in [4.69, 9.17) is 10.5 Å². The number of carbonyl (C=O) groups is 1. The number of hydrogen-bond donors (Lipinski definition) is 2. The maximum Gasteiger partial charge on any atom is 0.330 e. The maximum absolute atomic E-state index is 12.9. The molecule has 9 nitrogen and oxygen atoms in total. The van der Waals surface area contributed by atoms with Gasteiger partial charge in [0.05, 0.1) is 19.8 Å². The highest BCUT2D eigenvalue weighted by Crippen LogP contribution is 2.20. The number of rotatable bonds is 8. The normalized spacial score (nSPS) is 14.0. The van der Waals surface area contributed by atoms with Crippen LogP contribution >= 0.6 is 0 Å². The lowest BCUT2D eigenvalue weighted by molar-refractivity contribution is -0.133. The summed E-state index contributed by atoms with van der Waals surface area (Å²) < 4.78 is 6.69. The van der Waals surface area contributed by atoms with Crippen molar-refractivity contribution in [1.82, 2.24) is 14.5 Å². The van der Waals surface area contributed by atoms with Gasteiger partial charge in [-0.25, -0.2) is 4.79 Å². The number of aromatic nitrogens is 2. The average Bonchev–Trinajstić information content (AvgIpc) is 2.74. The number of H-pyrrole nitrogens is 1. The first kappa shape index (κ1) is 21.6. The van der Waals surface area contributed by atoms with Gasteiger partial charge in [-0.2, -0.15) is 0 Å². The minimum atomic E-state index is -0.587. The van der Waals surface area contributed by atoms with Crippen LogP contribution in [0.3, 0.4) is 0 Å². The van der Waals surface area contributed by atoms with E-state index in [9.17, 15) is 14.4 Å². The lowest BCUT2D eigenvalue weighted by atomic mass is 10.2. The third-order valence-electron chi connectivity index (χ3n) is 5.17. The number of amides is 1. The number of unbranched alkanes of at least 4 members (excludes halogenated alkanes) is 1. The van der Waals surface area contributed by atoms with Gasteiger partial charge in [0, 0.05) is 26.2 Å². The fourth-order valence-corrected chi connectivity index (χ4v) is 3.52. The van der Waals surface area contributed by atoms with Crippen LogP contribution in [0.15, 0.2) is 39.9 Å². The summed E-state index contributed by atoms with van der Waals surface area (Å²) in [6, 6.07) is 9.53. The second-order valence-electron chi connectivity index (χ2n) is 7.33. The van der Waals surface area contributed by atoms with Gasteiger partial charge in [-0.05, 0) is 12.0 Å². The Kier molecular flexibility index (Phi) is 7.29. The predicted octanol–water partition coefficient (Wildman–Crippen LogP) is 0.784. The molecular formula is C21H29N5O4. The molecule has 1 fully saturated rings. The quantitative estimate of drug-likeness (QED) is 0.659. The van der Waals surface area contributed by atoms with Crippen molar-refractivity contribution in [2.45, 2.75) is 32.9 Å². The van der Waals surface area contributed by atoms with Crippen LogP contribution in [-0.4, -0.2) is 53.2 Å². The Labute approximate surface area is 175 Å². The molecule has 2 aromatic rings. The van der Waals surface area contributed by atoms with Crippen molar-refractivity contribution < 1.29 is 9.53 Å². The Balaban J connectivity index is 1.97. The zero-order valence-electron chi connectivity index (χ0n) is 17.3. The summed E-state index contributed by atoms with van der Waals surface area (Å²) in [5.41, 5.74) is 6.25. The van der Waals surface area contributed by atoms with E-state index in [-0.39, 0.29) is 24.0 Å². The number of nitrogen functional groups attached to an aromatic ring is 1. The molecule has 1 saturated heterocycles. The van der Waals surface area contributed by atoms with Crippen LogP contribution < -0.4 is 21.9 Å². The minimum absolute atomic E-state index is 0.0197. The summed E-state index contributed by atoms with van der Waals surface area (Å²) in [5, 5.41) is 0. The topological polar surface area (TPSA) is 114 Å². The first-order valence-corrected chi connectivity index (χ1v) is 10.3. The van der Waals surface area contributed by atoms with Crippen LogP contribution in [0.1, 0.15) is 25.3 Å². The number of nitrogens with two attached hydrogens (primary N) is 1. The number of nitrogens with zero attached hydrogens (tertiary/aromatic N) is 3. The standard InChI is InChI=1S/C21H29N5O4/c1-2-3-9-26-19(22)18(20(28)23-21(26)29)25(14-16-7-5-4-6-8-16)15-17(27)24-10-12-30-13-11-24/h4-8H,2-3,9-15,22H2,1H3,(H,23,28,29). The number of anilines is 2. The molecule has 1 aliphatic rings. The fraction of sp³-hybridized carbons (Fsp3) is 0.476. The summed E-state index contributed by atoms with van der Waals surface area (Å²) in [7, 11) is 0. The molecule has 1 aliphatic heterocycles. The lowest BCUT2D eigenvalue weighted by Crippen LogP contribution is -2.47. The fourth-order valence-electron chi connectivity index (χ4n) is 3.52. The first-order chi connectivity index (χ1) is 14.5. The Hall–Kier alpha value is -3.07. The molecule has 162 valence electrons. The molecule has 0 saturated carbocycles. The van der Waals surface area contributed by atoms with Crippen LogP contribution in [0.25, 0.3) is 0 Å². The van der Waals surface area contributed by atoms with E-state index in [1.165, 1.54) is 4.57 Å². The smallest absolute Gasteiger partial charge is 0.330 e. The molecular weight excluding hydrogens is 386 g/mol. The Morgan fingerprint density at radius 2 is 1.90 bits per heavy atom. The highest BCUT2D eigenvalue weighted by atomic mass is 16.5. The van der Waals surface area contributed by atoms with Crippen LogP contribution in [0.4, 0.5) is 11.5 Å². The number of ether oxygens (including phenoxy) is 1. The molecule has 0 aliphatic carbocycles. The van der Waals surface area contributed by atoms with Crippen LogP contribution in [0.2, 0.25) is 0 Å². The van der Waals surface area contributed by atoms with E-state index >= 15 is 0 Å². The Bertz CT molecular complexity index is 964. The zero-order valence-corrected chi connectivity index (χ0v) is 17.3. The number of hydrogen-bond acceptors (Lipinski definition) is 6. The van der Waals surface area contributed by atoms with Crippen molar-refractivity contribution in [1.29, 1.82) is 0 Å². The van der Waals surface area contributed by atoms with E-state index in [0.717, 1.165) is 18.4 Å². The van der Waals surface area contributed by atoms with Crippen molar-refractivity contribution in [3.05, 3.63) is 56.7 Å². The van der Waals surface area contributed by atoms with Crippen LogP contribution in [-0.2, 0) is 22.6 Å². The zero-order chi connectivity index (χ0) is 21.5. The molecule has 1 amide bonds. The van der Waals surface area contributed by atoms with Gasteiger partial charge >= 0.3 is 5.69 Å². The molecule has 2 heterocycles. The molecule has 0 bridgehead atoms. The summed E-state index contributed by atoms with van der Waals surface area (Å²) in [5.74, 6) is -0.0257. The molecule has 30 heavy (non-hydrogen) atoms. The maximum atomic E-state index is 12.9. The molecule has 0 spiro atoms. The number of nitrogens with one attached hydrogen (secondary N) is 1. The first-order valence-electron chi connectivity index (χ1n) is 10.3. The summed E-state index contributed by atoms with van der Waals surface area (Å²) in [4.78, 5) is 43.7. The van der Waals surface area contributed by atoms with Gasteiger partial charge < -0.3 is 20.3 Å². The van der Waals surface area contributed by atoms with E-state index in [2.05, 4.69) is 4.98 Å². The molecule has 3 N–H and O–H groups in total. The van der Waals surface area contributed by atoms with Crippen molar-refractivity contribution in [2.75, 3.05) is 43.5 Å². The van der Waals surface area contributed by atoms with E-state index < -0.39 is 11.2 Å². The van der Waals surface area contributed by atoms with Gasteiger partial charge in [-0.15, -0.1) is 0 Å². The lowest BCUT2D eigenvalue weighted by Gasteiger charge is -2.31. The SMILES string of the molecule is CCCCn1c(N)c(N(CC(=O)N2CCOCC2)Cc2ccccc2)c(=O)[nH]c1=O. The van der Waals surface area contributed by atoms with Crippen molar-refractivity contribution >= 4 is 17.4 Å². The van der Waals surface area contributed by atoms with Crippen molar-refractivity contribution in [2.24, 2.45) is 0 Å². The van der Waals surface area contributed by atoms with Crippen molar-refractivity contribution in [3.63, 3.8) is 0 Å². The van der Waals surface area contributed by atoms with E-state index in [0.29, 0.717) is 39.4 Å². The average molecular weight is 415 g/mol. The van der Waals surface area contributed by atoms with Gasteiger partial charge in [0.15, 0.2) is 0 Å². The minimum Gasteiger partial charge on any atom is -0.383 e. The molecule has 3 rings (SSSR count). The molecule has 0 unspecified atom stereocenters.